The van der Waals surface area contributed by atoms with E-state index in [1.165, 1.54) is 0 Å². The van der Waals surface area contributed by atoms with E-state index >= 15 is 0 Å². The van der Waals surface area contributed by atoms with Gasteiger partial charge in [-0.15, -0.1) is 0 Å². The normalized spacial score (nSPS) is 10.6. The molecule has 31 heavy (non-hydrogen) atoms. The standard InChI is InChI=1S/C25H21N3O3/c1-31-18-12-10-16(11-13-18)23-15-20(19-7-3-5-9-22(19)27-23)25(30)28-21-8-4-2-6-17(21)14-24(26)29/h2-13,15H,14H2,1H3,(H2,26,29)(H,28,30). The molecule has 0 unspecified atom stereocenters. The monoisotopic (exact) mass is 411 g/mol. The number of anilines is 1. The summed E-state index contributed by atoms with van der Waals surface area (Å²) in [6.07, 6.45) is 0.0463. The molecule has 0 spiro atoms. The van der Waals surface area contributed by atoms with Crippen LogP contribution in [-0.4, -0.2) is 23.9 Å². The number of rotatable bonds is 6. The first-order valence-electron chi connectivity index (χ1n) is 9.77. The summed E-state index contributed by atoms with van der Waals surface area (Å²) < 4.78 is 5.22. The number of nitrogens with one attached hydrogen (secondary N) is 1. The molecule has 0 saturated carbocycles. The average Bonchev–Trinajstić information content (AvgIpc) is 2.79. The Morgan fingerprint density at radius 1 is 0.968 bits per heavy atom. The number of nitrogens with two attached hydrogens (primary N) is 1. The van der Waals surface area contributed by atoms with Crippen LogP contribution >= 0.6 is 0 Å². The molecule has 2 amide bonds. The van der Waals surface area contributed by atoms with Gasteiger partial charge in [0.15, 0.2) is 0 Å². The van der Waals surface area contributed by atoms with Gasteiger partial charge in [0, 0.05) is 16.6 Å². The van der Waals surface area contributed by atoms with Crippen LogP contribution < -0.4 is 15.8 Å². The van der Waals surface area contributed by atoms with E-state index in [-0.39, 0.29) is 12.3 Å². The van der Waals surface area contributed by atoms with Gasteiger partial charge in [-0.2, -0.15) is 0 Å². The van der Waals surface area contributed by atoms with E-state index in [9.17, 15) is 9.59 Å². The number of aromatic nitrogens is 1. The van der Waals surface area contributed by atoms with Crippen LogP contribution in [0, 0.1) is 0 Å². The van der Waals surface area contributed by atoms with Gasteiger partial charge in [-0.05, 0) is 48.0 Å². The molecule has 1 heterocycles. The Hall–Kier alpha value is -4.19. The van der Waals surface area contributed by atoms with Gasteiger partial charge in [0.1, 0.15) is 5.75 Å². The molecule has 3 N–H and O–H groups in total. The quantitative estimate of drug-likeness (QED) is 0.497. The minimum atomic E-state index is -0.460. The number of hydrogen-bond acceptors (Lipinski definition) is 4. The number of benzene rings is 3. The second kappa shape index (κ2) is 8.67. The predicted molar refractivity (Wildman–Crippen MR) is 121 cm³/mol. The predicted octanol–water partition coefficient (Wildman–Crippen LogP) is 4.19. The molecule has 0 aliphatic heterocycles. The number of pyridine rings is 1. The highest BCUT2D eigenvalue weighted by Crippen LogP contribution is 2.27. The van der Waals surface area contributed by atoms with Crippen LogP contribution in [0.25, 0.3) is 22.2 Å². The van der Waals surface area contributed by atoms with Crippen molar-refractivity contribution < 1.29 is 14.3 Å². The van der Waals surface area contributed by atoms with Crippen LogP contribution in [0.3, 0.4) is 0 Å². The molecule has 4 aromatic rings. The average molecular weight is 411 g/mol. The van der Waals surface area contributed by atoms with Crippen molar-refractivity contribution in [2.45, 2.75) is 6.42 Å². The van der Waals surface area contributed by atoms with Crippen molar-refractivity contribution in [1.29, 1.82) is 0 Å². The van der Waals surface area contributed by atoms with Gasteiger partial charge in [0.05, 0.1) is 30.3 Å². The molecule has 0 aliphatic carbocycles. The lowest BCUT2D eigenvalue weighted by Gasteiger charge is -2.13. The number of nitrogens with zero attached hydrogens (tertiary/aromatic N) is 1. The first kappa shape index (κ1) is 20.1. The van der Waals surface area contributed by atoms with Gasteiger partial charge >= 0.3 is 0 Å². The molecule has 3 aromatic carbocycles. The Bertz CT molecular complexity index is 1270. The number of primary amides is 1. The molecule has 1 aromatic heterocycles. The summed E-state index contributed by atoms with van der Waals surface area (Å²) >= 11 is 0. The summed E-state index contributed by atoms with van der Waals surface area (Å²) in [5, 5.41) is 3.67. The fourth-order valence-corrected chi connectivity index (χ4v) is 3.45. The number of carbonyl (C=O) groups is 2. The molecule has 0 radical (unpaired) electrons. The van der Waals surface area contributed by atoms with E-state index in [2.05, 4.69) is 5.32 Å². The van der Waals surface area contributed by atoms with E-state index in [1.54, 1.807) is 37.4 Å². The zero-order valence-corrected chi connectivity index (χ0v) is 17.0. The number of carbonyl (C=O) groups excluding carboxylic acids is 2. The second-order valence-corrected chi connectivity index (χ2v) is 7.06. The van der Waals surface area contributed by atoms with Crippen LogP contribution in [0.15, 0.2) is 78.9 Å². The Balaban J connectivity index is 1.76. The lowest BCUT2D eigenvalue weighted by Crippen LogP contribution is -2.18. The maximum absolute atomic E-state index is 13.3. The summed E-state index contributed by atoms with van der Waals surface area (Å²) in [6, 6.07) is 23.9. The maximum Gasteiger partial charge on any atom is 0.256 e. The van der Waals surface area contributed by atoms with E-state index in [1.807, 2.05) is 48.5 Å². The van der Waals surface area contributed by atoms with Gasteiger partial charge < -0.3 is 15.8 Å². The summed E-state index contributed by atoms with van der Waals surface area (Å²) in [4.78, 5) is 29.4. The molecule has 6 nitrogen and oxygen atoms in total. The molecule has 0 saturated heterocycles. The summed E-state index contributed by atoms with van der Waals surface area (Å²) in [5.41, 5.74) is 9.32. The molecule has 0 aliphatic rings. The van der Waals surface area contributed by atoms with Crippen LogP contribution in [0.4, 0.5) is 5.69 Å². The van der Waals surface area contributed by atoms with Crippen molar-refractivity contribution in [3.63, 3.8) is 0 Å². The SMILES string of the molecule is COc1ccc(-c2cc(C(=O)Nc3ccccc3CC(N)=O)c3ccccc3n2)cc1. The molecule has 6 heteroatoms. The smallest absolute Gasteiger partial charge is 0.256 e. The number of ether oxygens (including phenoxy) is 1. The maximum atomic E-state index is 13.3. The zero-order chi connectivity index (χ0) is 21.8. The van der Waals surface area contributed by atoms with E-state index in [4.69, 9.17) is 15.5 Å². The number of fused-ring (bicyclic) bond motifs is 1. The fourth-order valence-electron chi connectivity index (χ4n) is 3.45. The number of amides is 2. The van der Waals surface area contributed by atoms with Gasteiger partial charge in [-0.3, -0.25) is 9.59 Å². The Morgan fingerprint density at radius 3 is 2.42 bits per heavy atom. The van der Waals surface area contributed by atoms with E-state index in [0.29, 0.717) is 28.0 Å². The third-order valence-corrected chi connectivity index (χ3v) is 4.98. The van der Waals surface area contributed by atoms with Gasteiger partial charge in [-0.25, -0.2) is 4.98 Å². The molecule has 0 fully saturated rings. The Morgan fingerprint density at radius 2 is 1.68 bits per heavy atom. The van der Waals surface area contributed by atoms with Crippen LogP contribution in [-0.2, 0) is 11.2 Å². The highest BCUT2D eigenvalue weighted by Gasteiger charge is 2.16. The summed E-state index contributed by atoms with van der Waals surface area (Å²) in [5.74, 6) is -0.00306. The molecular weight excluding hydrogens is 390 g/mol. The van der Waals surface area contributed by atoms with Crippen molar-refractivity contribution >= 4 is 28.4 Å². The van der Waals surface area contributed by atoms with Gasteiger partial charge in [0.25, 0.3) is 5.91 Å². The lowest BCUT2D eigenvalue weighted by molar-refractivity contribution is -0.117. The molecular formula is C25H21N3O3. The number of hydrogen-bond donors (Lipinski definition) is 2. The van der Waals surface area contributed by atoms with Crippen LogP contribution in [0.5, 0.6) is 5.75 Å². The van der Waals surface area contributed by atoms with Gasteiger partial charge in [0.2, 0.25) is 5.91 Å². The molecule has 0 atom stereocenters. The molecule has 0 bridgehead atoms. The largest absolute Gasteiger partial charge is 0.497 e. The van der Waals surface area contributed by atoms with Crippen molar-refractivity contribution in [3.8, 4) is 17.0 Å². The Kier molecular flexibility index (Phi) is 5.62. The number of methoxy groups -OCH3 is 1. The first-order valence-corrected chi connectivity index (χ1v) is 9.77. The van der Waals surface area contributed by atoms with E-state index in [0.717, 1.165) is 16.7 Å². The minimum absolute atomic E-state index is 0.0463. The zero-order valence-electron chi connectivity index (χ0n) is 17.0. The summed E-state index contributed by atoms with van der Waals surface area (Å²) in [7, 11) is 1.61. The second-order valence-electron chi connectivity index (χ2n) is 7.06. The van der Waals surface area contributed by atoms with Crippen LogP contribution in [0.1, 0.15) is 15.9 Å². The highest BCUT2D eigenvalue weighted by atomic mass is 16.5. The lowest BCUT2D eigenvalue weighted by atomic mass is 10.0. The Labute approximate surface area is 179 Å². The van der Waals surface area contributed by atoms with Crippen molar-refractivity contribution in [2.75, 3.05) is 12.4 Å². The van der Waals surface area contributed by atoms with Gasteiger partial charge in [-0.1, -0.05) is 36.4 Å². The molecule has 154 valence electrons. The molecule has 4 rings (SSSR count). The minimum Gasteiger partial charge on any atom is -0.497 e. The van der Waals surface area contributed by atoms with Crippen molar-refractivity contribution in [1.82, 2.24) is 4.98 Å². The topological polar surface area (TPSA) is 94.3 Å². The van der Waals surface area contributed by atoms with Crippen molar-refractivity contribution in [3.05, 3.63) is 90.0 Å². The first-order chi connectivity index (χ1) is 15.0. The number of para-hydroxylation sites is 2. The highest BCUT2D eigenvalue weighted by molar-refractivity contribution is 6.13. The van der Waals surface area contributed by atoms with Crippen molar-refractivity contribution in [2.24, 2.45) is 5.73 Å². The van der Waals surface area contributed by atoms with Crippen LogP contribution in [0.2, 0.25) is 0 Å². The third-order valence-electron chi connectivity index (χ3n) is 4.98. The summed E-state index contributed by atoms with van der Waals surface area (Å²) in [6.45, 7) is 0. The van der Waals surface area contributed by atoms with E-state index < -0.39 is 5.91 Å². The fraction of sp³-hybridized carbons (Fsp3) is 0.0800. The third kappa shape index (κ3) is 4.38.